The van der Waals surface area contributed by atoms with Crippen molar-refractivity contribution in [3.63, 3.8) is 0 Å². The molecule has 0 saturated carbocycles. The van der Waals surface area contributed by atoms with Gasteiger partial charge < -0.3 is 10.1 Å². The third kappa shape index (κ3) is 7.54. The van der Waals surface area contributed by atoms with E-state index in [-0.39, 0.29) is 13.2 Å². The molecule has 1 N–H and O–H groups in total. The van der Waals surface area contributed by atoms with Gasteiger partial charge in [-0.3, -0.25) is 4.84 Å². The van der Waals surface area contributed by atoms with Gasteiger partial charge in [0.1, 0.15) is 6.61 Å². The molecule has 0 unspecified atom stereocenters. The third-order valence-corrected chi connectivity index (χ3v) is 1.58. The molecule has 0 aliphatic rings. The van der Waals surface area contributed by atoms with Crippen molar-refractivity contribution in [2.75, 3.05) is 13.2 Å². The van der Waals surface area contributed by atoms with Crippen LogP contribution in [-0.4, -0.2) is 30.9 Å². The van der Waals surface area contributed by atoms with E-state index in [2.05, 4.69) is 26.6 Å². The lowest BCUT2D eigenvalue weighted by molar-refractivity contribution is -0.137. The van der Waals surface area contributed by atoms with Crippen molar-refractivity contribution in [2.24, 2.45) is 5.16 Å². The maximum absolute atomic E-state index is 11.0. The molecular weight excluding hydrogens is 212 g/mol. The Morgan fingerprint density at radius 3 is 2.75 bits per heavy atom. The Morgan fingerprint density at radius 2 is 2.19 bits per heavy atom. The van der Waals surface area contributed by atoms with Gasteiger partial charge in [-0.25, -0.2) is 9.59 Å². The summed E-state index contributed by atoms with van der Waals surface area (Å²) in [7, 11) is 0. The minimum atomic E-state index is -0.678. The normalized spacial score (nSPS) is 10.5. The second kappa shape index (κ2) is 8.46. The lowest BCUT2D eigenvalue weighted by Crippen LogP contribution is -2.27. The SMILES string of the molecule is C=CC(=O)OCCNC(=O)ON=C(C)CC. The highest BCUT2D eigenvalue weighted by Crippen LogP contribution is 1.87. The number of carbonyl (C=O) groups is 2. The average molecular weight is 228 g/mol. The maximum Gasteiger partial charge on any atom is 0.433 e. The van der Waals surface area contributed by atoms with Crippen LogP contribution in [0.1, 0.15) is 20.3 Å². The summed E-state index contributed by atoms with van der Waals surface area (Å²) in [6.07, 6.45) is 1.08. The molecule has 6 heteroatoms. The first-order chi connectivity index (χ1) is 7.60. The van der Waals surface area contributed by atoms with Gasteiger partial charge in [0.25, 0.3) is 0 Å². The summed E-state index contributed by atoms with van der Waals surface area (Å²) < 4.78 is 4.63. The fourth-order valence-corrected chi connectivity index (χ4v) is 0.580. The molecule has 0 aromatic carbocycles. The molecular formula is C10H16N2O4. The summed E-state index contributed by atoms with van der Waals surface area (Å²) in [5, 5.41) is 5.92. The second-order valence-corrected chi connectivity index (χ2v) is 2.86. The Balaban J connectivity index is 3.59. The number of carbonyl (C=O) groups excluding carboxylic acids is 2. The largest absolute Gasteiger partial charge is 0.461 e. The van der Waals surface area contributed by atoms with Crippen LogP contribution < -0.4 is 5.32 Å². The van der Waals surface area contributed by atoms with E-state index in [1.807, 2.05) is 6.92 Å². The lowest BCUT2D eigenvalue weighted by Gasteiger charge is -2.03. The molecule has 0 rings (SSSR count). The summed E-state index contributed by atoms with van der Waals surface area (Å²) in [4.78, 5) is 26.1. The highest BCUT2D eigenvalue weighted by atomic mass is 16.7. The number of amides is 1. The predicted molar refractivity (Wildman–Crippen MR) is 59.0 cm³/mol. The standard InChI is InChI=1S/C10H16N2O4/c1-4-8(3)12-16-10(14)11-6-7-15-9(13)5-2/h5H,2,4,6-7H2,1,3H3,(H,11,14). The molecule has 6 nitrogen and oxygen atoms in total. The number of ether oxygens (including phenoxy) is 1. The fourth-order valence-electron chi connectivity index (χ4n) is 0.580. The molecule has 0 aromatic rings. The molecule has 90 valence electrons. The van der Waals surface area contributed by atoms with Gasteiger partial charge in [-0.15, -0.1) is 0 Å². The Morgan fingerprint density at radius 1 is 1.50 bits per heavy atom. The zero-order chi connectivity index (χ0) is 12.4. The number of esters is 1. The number of hydrogen-bond acceptors (Lipinski definition) is 5. The van der Waals surface area contributed by atoms with Gasteiger partial charge >= 0.3 is 12.1 Å². The quantitative estimate of drug-likeness (QED) is 0.185. The van der Waals surface area contributed by atoms with E-state index in [1.165, 1.54) is 0 Å². The lowest BCUT2D eigenvalue weighted by atomic mass is 10.3. The van der Waals surface area contributed by atoms with E-state index in [1.54, 1.807) is 6.92 Å². The van der Waals surface area contributed by atoms with Crippen molar-refractivity contribution in [3.8, 4) is 0 Å². The van der Waals surface area contributed by atoms with Gasteiger partial charge in [0.2, 0.25) is 0 Å². The van der Waals surface area contributed by atoms with Gasteiger partial charge in [0.15, 0.2) is 0 Å². The molecule has 0 aliphatic heterocycles. The van der Waals surface area contributed by atoms with E-state index in [0.717, 1.165) is 6.08 Å². The number of oxime groups is 1. The molecule has 0 fully saturated rings. The summed E-state index contributed by atoms with van der Waals surface area (Å²) in [5.74, 6) is -0.532. The minimum absolute atomic E-state index is 0.0659. The van der Waals surface area contributed by atoms with Crippen molar-refractivity contribution in [2.45, 2.75) is 20.3 Å². The molecule has 0 aliphatic carbocycles. The van der Waals surface area contributed by atoms with Gasteiger partial charge in [-0.2, -0.15) is 0 Å². The van der Waals surface area contributed by atoms with Crippen molar-refractivity contribution < 1.29 is 19.2 Å². The fraction of sp³-hybridized carbons (Fsp3) is 0.500. The molecule has 0 heterocycles. The number of nitrogens with one attached hydrogen (secondary N) is 1. The zero-order valence-corrected chi connectivity index (χ0v) is 9.49. The van der Waals surface area contributed by atoms with E-state index >= 15 is 0 Å². The van der Waals surface area contributed by atoms with Crippen LogP contribution in [0.5, 0.6) is 0 Å². The van der Waals surface area contributed by atoms with Gasteiger partial charge in [0.05, 0.1) is 12.3 Å². The van der Waals surface area contributed by atoms with E-state index in [0.29, 0.717) is 12.1 Å². The minimum Gasteiger partial charge on any atom is -0.461 e. The number of nitrogens with zero attached hydrogens (tertiary/aromatic N) is 1. The Labute approximate surface area is 94.3 Å². The van der Waals surface area contributed by atoms with Gasteiger partial charge in [0, 0.05) is 6.08 Å². The third-order valence-electron chi connectivity index (χ3n) is 1.58. The summed E-state index contributed by atoms with van der Waals surface area (Å²) >= 11 is 0. The van der Waals surface area contributed by atoms with E-state index in [4.69, 9.17) is 0 Å². The van der Waals surface area contributed by atoms with Crippen LogP contribution >= 0.6 is 0 Å². The van der Waals surface area contributed by atoms with Crippen LogP contribution in [0.3, 0.4) is 0 Å². The topological polar surface area (TPSA) is 77.0 Å². The Bertz CT molecular complexity index is 287. The van der Waals surface area contributed by atoms with Crippen LogP contribution in [0.15, 0.2) is 17.8 Å². The Kier molecular flexibility index (Phi) is 7.48. The molecule has 0 atom stereocenters. The highest BCUT2D eigenvalue weighted by molar-refractivity contribution is 5.82. The first-order valence-corrected chi connectivity index (χ1v) is 4.87. The summed E-state index contributed by atoms with van der Waals surface area (Å²) in [6, 6.07) is 0. The van der Waals surface area contributed by atoms with Crippen molar-refractivity contribution in [3.05, 3.63) is 12.7 Å². The predicted octanol–water partition coefficient (Wildman–Crippen LogP) is 1.23. The molecule has 0 spiro atoms. The zero-order valence-electron chi connectivity index (χ0n) is 9.49. The van der Waals surface area contributed by atoms with Crippen LogP contribution in [0.2, 0.25) is 0 Å². The van der Waals surface area contributed by atoms with E-state index in [9.17, 15) is 9.59 Å². The van der Waals surface area contributed by atoms with Gasteiger partial charge in [-0.1, -0.05) is 18.7 Å². The van der Waals surface area contributed by atoms with Gasteiger partial charge in [-0.05, 0) is 13.3 Å². The summed E-state index contributed by atoms with van der Waals surface area (Å²) in [5.41, 5.74) is 0.716. The molecule has 0 aromatic heterocycles. The highest BCUT2D eigenvalue weighted by Gasteiger charge is 2.01. The first kappa shape index (κ1) is 14.2. The molecule has 0 bridgehead atoms. The summed E-state index contributed by atoms with van der Waals surface area (Å²) in [6.45, 7) is 7.11. The first-order valence-electron chi connectivity index (χ1n) is 4.87. The number of rotatable bonds is 6. The van der Waals surface area contributed by atoms with Crippen molar-refractivity contribution >= 4 is 17.8 Å². The monoisotopic (exact) mass is 228 g/mol. The van der Waals surface area contributed by atoms with Crippen LogP contribution in [0.4, 0.5) is 4.79 Å². The van der Waals surface area contributed by atoms with Crippen LogP contribution in [0.25, 0.3) is 0 Å². The molecule has 1 amide bonds. The maximum atomic E-state index is 11.0. The average Bonchev–Trinajstić information content (AvgIpc) is 2.31. The second-order valence-electron chi connectivity index (χ2n) is 2.86. The van der Waals surface area contributed by atoms with Crippen molar-refractivity contribution in [1.29, 1.82) is 0 Å². The Hall–Kier alpha value is -1.85. The number of hydrogen-bond donors (Lipinski definition) is 1. The van der Waals surface area contributed by atoms with Crippen LogP contribution in [0, 0.1) is 0 Å². The van der Waals surface area contributed by atoms with E-state index < -0.39 is 12.1 Å². The van der Waals surface area contributed by atoms with Crippen molar-refractivity contribution in [1.82, 2.24) is 5.32 Å². The molecule has 16 heavy (non-hydrogen) atoms. The smallest absolute Gasteiger partial charge is 0.433 e. The molecule has 0 saturated heterocycles. The van der Waals surface area contributed by atoms with Crippen LogP contribution in [-0.2, 0) is 14.4 Å². The molecule has 0 radical (unpaired) electrons.